The van der Waals surface area contributed by atoms with E-state index in [-0.39, 0.29) is 10.6 Å². The molecule has 0 aliphatic rings. The molecule has 0 unspecified atom stereocenters. The van der Waals surface area contributed by atoms with Crippen LogP contribution >= 0.6 is 11.8 Å². The van der Waals surface area contributed by atoms with Crippen LogP contribution in [0, 0.1) is 0 Å². The maximum atomic E-state index is 11.7. The molecule has 0 fully saturated rings. The third-order valence-electron chi connectivity index (χ3n) is 2.00. The number of nitrogens with zero attached hydrogens (tertiary/aromatic N) is 1. The van der Waals surface area contributed by atoms with Crippen LogP contribution in [0.1, 0.15) is 10.4 Å². The average molecular weight is 241 g/mol. The number of hydrogen-bond donors (Lipinski definition) is 0. The highest BCUT2D eigenvalue weighted by Gasteiger charge is 2.10. The summed E-state index contributed by atoms with van der Waals surface area (Å²) in [6, 6.07) is 9.44. The topological polar surface area (TPSA) is 47.1 Å². The zero-order chi connectivity index (χ0) is 11.3. The van der Waals surface area contributed by atoms with Crippen molar-refractivity contribution in [3.63, 3.8) is 0 Å². The molecule has 3 nitrogen and oxygen atoms in total. The zero-order valence-corrected chi connectivity index (χ0v) is 10.8. The Hall–Kier alpha value is -0.840. The Bertz CT molecular complexity index is 320. The van der Waals surface area contributed by atoms with Gasteiger partial charge in [-0.15, -0.1) is 0 Å². The van der Waals surface area contributed by atoms with Gasteiger partial charge in [0.2, 0.25) is 5.12 Å². The Balaban J connectivity index is 0.00000225. The summed E-state index contributed by atoms with van der Waals surface area (Å²) >= 11 is 1.40. The van der Waals surface area contributed by atoms with E-state index in [9.17, 15) is 4.79 Å². The first kappa shape index (κ1) is 15.2. The van der Waals surface area contributed by atoms with E-state index in [1.165, 1.54) is 11.8 Å². The first-order chi connectivity index (χ1) is 6.99. The summed E-state index contributed by atoms with van der Waals surface area (Å²) in [5.74, 6) is 0.872. The van der Waals surface area contributed by atoms with Crippen molar-refractivity contribution in [2.45, 2.75) is 0 Å². The monoisotopic (exact) mass is 241 g/mol. The molecule has 90 valence electrons. The van der Waals surface area contributed by atoms with Crippen LogP contribution in [-0.2, 0) is 0 Å². The molecule has 0 saturated carbocycles. The van der Waals surface area contributed by atoms with Gasteiger partial charge < -0.3 is 9.96 Å². The van der Waals surface area contributed by atoms with Crippen molar-refractivity contribution >= 4 is 16.9 Å². The molecular weight excluding hydrogens is 222 g/mol. The van der Waals surface area contributed by atoms with E-state index in [2.05, 4.69) is 21.1 Å². The van der Waals surface area contributed by atoms with Crippen molar-refractivity contribution in [1.29, 1.82) is 0 Å². The molecule has 0 saturated heterocycles. The minimum absolute atomic E-state index is 0. The van der Waals surface area contributed by atoms with Gasteiger partial charge in [-0.2, -0.15) is 0 Å². The number of carbonyl (C=O) groups is 1. The van der Waals surface area contributed by atoms with Gasteiger partial charge in [0.25, 0.3) is 0 Å². The predicted octanol–water partition coefficient (Wildman–Crippen LogP) is 2.09. The van der Waals surface area contributed by atoms with Gasteiger partial charge in [0, 0.05) is 5.56 Å². The lowest BCUT2D eigenvalue weighted by Gasteiger charge is -2.23. The van der Waals surface area contributed by atoms with E-state index in [4.69, 9.17) is 0 Å². The molecule has 1 N–H and O–H groups in total. The van der Waals surface area contributed by atoms with Crippen molar-refractivity contribution in [2.24, 2.45) is 0 Å². The first-order valence-electron chi connectivity index (χ1n) is 5.02. The molecule has 0 radical (unpaired) electrons. The quantitative estimate of drug-likeness (QED) is 0.758. The minimum atomic E-state index is 0. The Morgan fingerprint density at radius 1 is 1.19 bits per heavy atom. The number of quaternary nitrogens is 1. The Labute approximate surface area is 101 Å². The summed E-state index contributed by atoms with van der Waals surface area (Å²) in [4.78, 5) is 11.7. The molecule has 16 heavy (non-hydrogen) atoms. The Morgan fingerprint density at radius 3 is 2.25 bits per heavy atom. The van der Waals surface area contributed by atoms with Crippen LogP contribution in [0.25, 0.3) is 0 Å². The van der Waals surface area contributed by atoms with Gasteiger partial charge in [-0.3, -0.25) is 4.79 Å². The molecule has 4 heteroatoms. The van der Waals surface area contributed by atoms with Crippen molar-refractivity contribution in [2.75, 3.05) is 33.4 Å². The summed E-state index contributed by atoms with van der Waals surface area (Å²) in [6.07, 6.45) is 0. The van der Waals surface area contributed by atoms with E-state index < -0.39 is 0 Å². The maximum Gasteiger partial charge on any atom is 0.219 e. The molecule has 0 aliphatic carbocycles. The highest BCUT2D eigenvalue weighted by molar-refractivity contribution is 8.14. The number of thioether (sulfide) groups is 1. The summed E-state index contributed by atoms with van der Waals surface area (Å²) in [7, 11) is 6.40. The normalized spacial score (nSPS) is 10.7. The molecular formula is C12H19NO2S. The molecule has 0 aromatic heterocycles. The smallest absolute Gasteiger partial charge is 0.219 e. The van der Waals surface area contributed by atoms with E-state index in [0.29, 0.717) is 0 Å². The lowest BCUT2D eigenvalue weighted by molar-refractivity contribution is -0.867. The third kappa shape index (κ3) is 5.90. The Kier molecular flexibility index (Phi) is 6.33. The predicted molar refractivity (Wildman–Crippen MR) is 68.1 cm³/mol. The molecule has 0 spiro atoms. The van der Waals surface area contributed by atoms with Gasteiger partial charge in [0.05, 0.1) is 33.4 Å². The van der Waals surface area contributed by atoms with E-state index in [1.54, 1.807) is 0 Å². The van der Waals surface area contributed by atoms with Gasteiger partial charge in [-0.05, 0) is 0 Å². The molecule has 1 aromatic carbocycles. The fourth-order valence-electron chi connectivity index (χ4n) is 1.07. The van der Waals surface area contributed by atoms with Crippen LogP contribution in [0.5, 0.6) is 0 Å². The van der Waals surface area contributed by atoms with Crippen LogP contribution in [0.15, 0.2) is 30.3 Å². The van der Waals surface area contributed by atoms with Gasteiger partial charge in [-0.25, -0.2) is 0 Å². The molecule has 0 heterocycles. The molecule has 0 atom stereocenters. The van der Waals surface area contributed by atoms with Gasteiger partial charge in [0.15, 0.2) is 0 Å². The van der Waals surface area contributed by atoms with Crippen molar-refractivity contribution in [1.82, 2.24) is 0 Å². The van der Waals surface area contributed by atoms with Gasteiger partial charge in [-0.1, -0.05) is 42.1 Å². The maximum absolute atomic E-state index is 11.7. The lowest BCUT2D eigenvalue weighted by atomic mass is 10.2. The van der Waals surface area contributed by atoms with Crippen molar-refractivity contribution in [3.05, 3.63) is 35.9 Å². The van der Waals surface area contributed by atoms with E-state index >= 15 is 0 Å². The summed E-state index contributed by atoms with van der Waals surface area (Å²) < 4.78 is 0.898. The average Bonchev–Trinajstić information content (AvgIpc) is 2.17. The standard InChI is InChI=1S/C12H18NOS.H2O/c1-13(2,3)9-10-15-12(14)11-7-5-4-6-8-11;/h4-8H,9-10H2,1-3H3;1H2/q+1;/p-1. The molecule has 0 aliphatic heterocycles. The van der Waals surface area contributed by atoms with Crippen LogP contribution in [-0.4, -0.2) is 48.5 Å². The van der Waals surface area contributed by atoms with E-state index in [1.807, 2.05) is 30.3 Å². The van der Waals surface area contributed by atoms with Crippen LogP contribution in [0.2, 0.25) is 0 Å². The lowest BCUT2D eigenvalue weighted by Crippen LogP contribution is -2.36. The molecule has 1 aromatic rings. The summed E-state index contributed by atoms with van der Waals surface area (Å²) in [5.41, 5.74) is 0.795. The number of benzene rings is 1. The number of carbonyl (C=O) groups excluding carboxylic acids is 1. The van der Waals surface area contributed by atoms with Crippen LogP contribution < -0.4 is 0 Å². The zero-order valence-electron chi connectivity index (χ0n) is 10.0. The highest BCUT2D eigenvalue weighted by Crippen LogP contribution is 2.12. The largest absolute Gasteiger partial charge is 0.870 e. The SMILES string of the molecule is C[N+](C)(C)CCSC(=O)c1ccccc1.[OH-]. The second-order valence-electron chi connectivity index (χ2n) is 4.52. The second-order valence-corrected chi connectivity index (χ2v) is 5.58. The molecule has 0 amide bonds. The minimum Gasteiger partial charge on any atom is -0.870 e. The van der Waals surface area contributed by atoms with Crippen LogP contribution in [0.4, 0.5) is 0 Å². The number of hydrogen-bond acceptors (Lipinski definition) is 3. The van der Waals surface area contributed by atoms with Crippen LogP contribution in [0.3, 0.4) is 0 Å². The third-order valence-corrected chi connectivity index (χ3v) is 2.89. The van der Waals surface area contributed by atoms with Gasteiger partial charge in [0.1, 0.15) is 0 Å². The number of rotatable bonds is 4. The van der Waals surface area contributed by atoms with Crippen molar-refractivity contribution < 1.29 is 14.8 Å². The van der Waals surface area contributed by atoms with Gasteiger partial charge >= 0.3 is 0 Å². The Morgan fingerprint density at radius 2 is 1.75 bits per heavy atom. The van der Waals surface area contributed by atoms with E-state index in [0.717, 1.165) is 22.3 Å². The summed E-state index contributed by atoms with van der Waals surface area (Å²) in [6.45, 7) is 1.00. The molecule has 0 bridgehead atoms. The fraction of sp³-hybridized carbons (Fsp3) is 0.417. The fourth-order valence-corrected chi connectivity index (χ4v) is 2.20. The highest BCUT2D eigenvalue weighted by atomic mass is 32.2. The van der Waals surface area contributed by atoms with Crippen molar-refractivity contribution in [3.8, 4) is 0 Å². The second kappa shape index (κ2) is 6.68. The summed E-state index contributed by atoms with van der Waals surface area (Å²) in [5, 5.41) is 0.170. The first-order valence-corrected chi connectivity index (χ1v) is 6.00. The molecule has 1 rings (SSSR count).